The quantitative estimate of drug-likeness (QED) is 0.800. The van der Waals surface area contributed by atoms with Crippen LogP contribution in [0.3, 0.4) is 0 Å². The minimum absolute atomic E-state index is 0.0574. The zero-order valence-corrected chi connectivity index (χ0v) is 7.84. The van der Waals surface area contributed by atoms with E-state index in [0.29, 0.717) is 11.7 Å². The molecule has 5 nitrogen and oxygen atoms in total. The topological polar surface area (TPSA) is 78.5 Å². The lowest BCUT2D eigenvalue weighted by Crippen LogP contribution is -1.83. The van der Waals surface area contributed by atoms with Gasteiger partial charge < -0.3 is 9.51 Å². The van der Waals surface area contributed by atoms with Crippen LogP contribution in [-0.2, 0) is 0 Å². The number of aromatic nitrogens is 3. The fourth-order valence-electron chi connectivity index (χ4n) is 1.58. The summed E-state index contributed by atoms with van der Waals surface area (Å²) in [4.78, 5) is 7.25. The second-order valence-electron chi connectivity index (χ2n) is 3.62. The summed E-state index contributed by atoms with van der Waals surface area (Å²) in [5, 5.41) is 12.5. The highest BCUT2D eigenvalue weighted by molar-refractivity contribution is 5.48. The third kappa shape index (κ3) is 1.31. The van der Waals surface area contributed by atoms with Crippen molar-refractivity contribution < 1.29 is 4.52 Å². The Morgan fingerprint density at radius 2 is 2.53 bits per heavy atom. The first-order valence-corrected chi connectivity index (χ1v) is 4.75. The molecule has 0 spiro atoms. The molecule has 74 valence electrons. The van der Waals surface area contributed by atoms with Crippen LogP contribution in [0.15, 0.2) is 22.9 Å². The van der Waals surface area contributed by atoms with E-state index in [4.69, 9.17) is 9.78 Å². The van der Waals surface area contributed by atoms with Gasteiger partial charge in [0.15, 0.2) is 0 Å². The molecule has 0 aliphatic heterocycles. The molecule has 2 aromatic rings. The second-order valence-corrected chi connectivity index (χ2v) is 3.62. The molecular weight excluding hydrogens is 192 g/mol. The molecule has 0 radical (unpaired) electrons. The molecule has 2 atom stereocenters. The van der Waals surface area contributed by atoms with Gasteiger partial charge in [-0.25, -0.2) is 0 Å². The summed E-state index contributed by atoms with van der Waals surface area (Å²) in [7, 11) is 0. The molecule has 1 aliphatic carbocycles. The van der Waals surface area contributed by atoms with Crippen molar-refractivity contribution in [2.45, 2.75) is 12.3 Å². The SMILES string of the molecule is N#CC1CC1c1nc(-c2ccc[nH]2)no1. The maximum atomic E-state index is 8.68. The Bertz CT molecular complexity index is 508. The number of hydrogen-bond donors (Lipinski definition) is 1. The van der Waals surface area contributed by atoms with E-state index in [1.807, 2.05) is 12.1 Å². The average Bonchev–Trinajstić information content (AvgIpc) is 2.73. The van der Waals surface area contributed by atoms with E-state index in [0.717, 1.165) is 12.1 Å². The second kappa shape index (κ2) is 2.95. The molecule has 2 aromatic heterocycles. The van der Waals surface area contributed by atoms with Gasteiger partial charge in [0.1, 0.15) is 0 Å². The highest BCUT2D eigenvalue weighted by atomic mass is 16.5. The van der Waals surface area contributed by atoms with Crippen molar-refractivity contribution in [3.8, 4) is 17.6 Å². The van der Waals surface area contributed by atoms with Gasteiger partial charge in [0.2, 0.25) is 11.7 Å². The highest BCUT2D eigenvalue weighted by Gasteiger charge is 2.43. The molecular formula is C10H8N4O. The maximum Gasteiger partial charge on any atom is 0.231 e. The van der Waals surface area contributed by atoms with Gasteiger partial charge >= 0.3 is 0 Å². The first kappa shape index (κ1) is 8.24. The van der Waals surface area contributed by atoms with Crippen LogP contribution in [0.1, 0.15) is 18.2 Å². The Morgan fingerprint density at radius 3 is 3.20 bits per heavy atom. The molecule has 5 heteroatoms. The minimum Gasteiger partial charge on any atom is -0.359 e. The summed E-state index contributed by atoms with van der Waals surface area (Å²) in [6, 6.07) is 5.95. The Hall–Kier alpha value is -2.09. The van der Waals surface area contributed by atoms with Gasteiger partial charge in [-0.2, -0.15) is 10.2 Å². The number of nitrogens with zero attached hydrogens (tertiary/aromatic N) is 3. The largest absolute Gasteiger partial charge is 0.359 e. The molecule has 15 heavy (non-hydrogen) atoms. The molecule has 0 saturated heterocycles. The summed E-state index contributed by atoms with van der Waals surface area (Å²) in [6.07, 6.45) is 2.64. The van der Waals surface area contributed by atoms with Crippen molar-refractivity contribution in [3.05, 3.63) is 24.2 Å². The number of H-pyrrole nitrogens is 1. The molecule has 1 fully saturated rings. The van der Waals surface area contributed by atoms with Gasteiger partial charge in [0.25, 0.3) is 0 Å². The van der Waals surface area contributed by atoms with Crippen LogP contribution >= 0.6 is 0 Å². The summed E-state index contributed by atoms with van der Waals surface area (Å²) in [5.41, 5.74) is 0.833. The smallest absolute Gasteiger partial charge is 0.231 e. The van der Waals surface area contributed by atoms with Crippen molar-refractivity contribution in [2.24, 2.45) is 5.92 Å². The average molecular weight is 200 g/mol. The Balaban J connectivity index is 1.87. The van der Waals surface area contributed by atoms with E-state index in [1.165, 1.54) is 0 Å². The van der Waals surface area contributed by atoms with E-state index < -0.39 is 0 Å². The first-order chi connectivity index (χ1) is 7.38. The predicted octanol–water partition coefficient (Wildman–Crippen LogP) is 1.69. The zero-order chi connectivity index (χ0) is 10.3. The van der Waals surface area contributed by atoms with E-state index in [1.54, 1.807) is 6.20 Å². The van der Waals surface area contributed by atoms with Crippen molar-refractivity contribution >= 4 is 0 Å². The van der Waals surface area contributed by atoms with Gasteiger partial charge in [0.05, 0.1) is 23.6 Å². The van der Waals surface area contributed by atoms with Crippen LogP contribution in [0, 0.1) is 17.2 Å². The fraction of sp³-hybridized carbons (Fsp3) is 0.300. The summed E-state index contributed by atoms with van der Waals surface area (Å²) in [5.74, 6) is 1.33. The van der Waals surface area contributed by atoms with Crippen LogP contribution < -0.4 is 0 Å². The number of nitriles is 1. The predicted molar refractivity (Wildman–Crippen MR) is 50.5 cm³/mol. The third-order valence-corrected chi connectivity index (χ3v) is 2.55. The van der Waals surface area contributed by atoms with Crippen LogP contribution in [0.2, 0.25) is 0 Å². The van der Waals surface area contributed by atoms with E-state index in [-0.39, 0.29) is 11.8 Å². The lowest BCUT2D eigenvalue weighted by atomic mass is 10.3. The number of rotatable bonds is 2. The maximum absolute atomic E-state index is 8.68. The summed E-state index contributed by atoms with van der Waals surface area (Å²) in [6.45, 7) is 0. The van der Waals surface area contributed by atoms with Crippen LogP contribution in [-0.4, -0.2) is 15.1 Å². The van der Waals surface area contributed by atoms with Gasteiger partial charge in [-0.3, -0.25) is 0 Å². The van der Waals surface area contributed by atoms with E-state index >= 15 is 0 Å². The molecule has 0 bridgehead atoms. The molecule has 3 rings (SSSR count). The van der Waals surface area contributed by atoms with Gasteiger partial charge in [-0.15, -0.1) is 0 Å². The van der Waals surface area contributed by atoms with Crippen molar-refractivity contribution in [2.75, 3.05) is 0 Å². The van der Waals surface area contributed by atoms with Gasteiger partial charge in [-0.05, 0) is 18.6 Å². The number of aromatic amines is 1. The van der Waals surface area contributed by atoms with Gasteiger partial charge in [0, 0.05) is 6.20 Å². The molecule has 0 aromatic carbocycles. The number of hydrogen-bond acceptors (Lipinski definition) is 4. The monoisotopic (exact) mass is 200 g/mol. The molecule has 1 aliphatic rings. The lowest BCUT2D eigenvalue weighted by molar-refractivity contribution is 0.378. The summed E-state index contributed by atoms with van der Waals surface area (Å²) >= 11 is 0. The van der Waals surface area contributed by atoms with E-state index in [9.17, 15) is 0 Å². The van der Waals surface area contributed by atoms with Crippen LogP contribution in [0.4, 0.5) is 0 Å². The normalized spacial score (nSPS) is 23.7. The van der Waals surface area contributed by atoms with Crippen molar-refractivity contribution in [3.63, 3.8) is 0 Å². The van der Waals surface area contributed by atoms with Crippen LogP contribution in [0.25, 0.3) is 11.5 Å². The van der Waals surface area contributed by atoms with Crippen LogP contribution in [0.5, 0.6) is 0 Å². The lowest BCUT2D eigenvalue weighted by Gasteiger charge is -1.84. The third-order valence-electron chi connectivity index (χ3n) is 2.55. The zero-order valence-electron chi connectivity index (χ0n) is 7.84. The molecule has 2 heterocycles. The highest BCUT2D eigenvalue weighted by Crippen LogP contribution is 2.46. The van der Waals surface area contributed by atoms with Crippen molar-refractivity contribution in [1.29, 1.82) is 5.26 Å². The molecule has 1 saturated carbocycles. The standard InChI is InChI=1S/C10H8N4O/c11-5-6-4-7(6)10-13-9(14-15-10)8-2-1-3-12-8/h1-3,6-7,12H,4H2. The first-order valence-electron chi connectivity index (χ1n) is 4.75. The Morgan fingerprint density at radius 1 is 1.60 bits per heavy atom. The molecule has 1 N–H and O–H groups in total. The van der Waals surface area contributed by atoms with E-state index in [2.05, 4.69) is 21.2 Å². The van der Waals surface area contributed by atoms with Crippen molar-refractivity contribution in [1.82, 2.24) is 15.1 Å². The van der Waals surface area contributed by atoms with Gasteiger partial charge in [-0.1, -0.05) is 5.16 Å². The Labute approximate surface area is 85.7 Å². The molecule has 2 unspecified atom stereocenters. The number of nitrogens with one attached hydrogen (secondary N) is 1. The summed E-state index contributed by atoms with van der Waals surface area (Å²) < 4.78 is 5.11. The Kier molecular flexibility index (Phi) is 1.62. The molecule has 0 amide bonds. The fourth-order valence-corrected chi connectivity index (χ4v) is 1.58. The minimum atomic E-state index is 0.0574.